The van der Waals surface area contributed by atoms with E-state index in [2.05, 4.69) is 66.6 Å². The van der Waals surface area contributed by atoms with Gasteiger partial charge in [-0.05, 0) is 59.7 Å². The van der Waals surface area contributed by atoms with Crippen LogP contribution >= 0.6 is 0 Å². The van der Waals surface area contributed by atoms with E-state index in [0.717, 1.165) is 52.3 Å². The molecule has 2 aromatic rings. The van der Waals surface area contributed by atoms with E-state index >= 15 is 0 Å². The van der Waals surface area contributed by atoms with Gasteiger partial charge in [0.1, 0.15) is 22.9 Å². The minimum absolute atomic E-state index is 0.275. The van der Waals surface area contributed by atoms with Crippen molar-refractivity contribution in [2.24, 2.45) is 27.6 Å². The molecule has 0 fully saturated rings. The molecule has 3 unspecified atom stereocenters. The zero-order chi connectivity index (χ0) is 23.0. The van der Waals surface area contributed by atoms with Crippen LogP contribution < -0.4 is 10.5 Å². The maximum atomic E-state index is 6.50. The number of nitrogens with two attached hydrogens (primary N) is 1. The van der Waals surface area contributed by atoms with Crippen LogP contribution in [0.25, 0.3) is 0 Å². The lowest BCUT2D eigenvalue weighted by atomic mass is 9.72. The van der Waals surface area contributed by atoms with Crippen LogP contribution in [-0.2, 0) is 10.3 Å². The Hall–Kier alpha value is -3.60. The normalized spacial score (nSPS) is 25.7. The van der Waals surface area contributed by atoms with Gasteiger partial charge >= 0.3 is 0 Å². The Morgan fingerprint density at radius 2 is 1.88 bits per heavy atom. The highest BCUT2D eigenvalue weighted by Crippen LogP contribution is 2.49. The summed E-state index contributed by atoms with van der Waals surface area (Å²) in [5, 5.41) is 0. The van der Waals surface area contributed by atoms with Gasteiger partial charge in [0, 0.05) is 18.0 Å². The van der Waals surface area contributed by atoms with E-state index in [1.165, 1.54) is 0 Å². The van der Waals surface area contributed by atoms with Gasteiger partial charge in [-0.15, -0.1) is 0 Å². The largest absolute Gasteiger partial charge is 0.496 e. The molecule has 5 nitrogen and oxygen atoms in total. The summed E-state index contributed by atoms with van der Waals surface area (Å²) in [6.07, 6.45) is 11.8. The SMILES string of the molecule is COC1=CC(C2C=C(C3(c4ccc(OC)c(C)c4)N=C(N)c4ccccc43)C=CC2)CN=C1. The molecule has 0 amide bonds. The lowest BCUT2D eigenvalue weighted by Crippen LogP contribution is -2.29. The van der Waals surface area contributed by atoms with Crippen molar-refractivity contribution in [3.05, 3.63) is 100 Å². The number of rotatable bonds is 5. The maximum absolute atomic E-state index is 6.50. The Bertz CT molecular complexity index is 1240. The van der Waals surface area contributed by atoms with Gasteiger partial charge in [0.05, 0.1) is 20.4 Å². The highest BCUT2D eigenvalue weighted by atomic mass is 16.5. The Balaban J connectivity index is 1.67. The summed E-state index contributed by atoms with van der Waals surface area (Å²) in [6.45, 7) is 2.82. The monoisotopic (exact) mass is 439 g/mol. The fraction of sp³-hybridized carbons (Fsp3) is 0.286. The average molecular weight is 440 g/mol. The predicted octanol–water partition coefficient (Wildman–Crippen LogP) is 4.70. The molecule has 0 saturated heterocycles. The second-order valence-corrected chi connectivity index (χ2v) is 8.79. The van der Waals surface area contributed by atoms with Crippen LogP contribution in [0.1, 0.15) is 28.7 Å². The number of fused-ring (bicyclic) bond motifs is 1. The number of dihydropyridines is 1. The number of methoxy groups -OCH3 is 2. The quantitative estimate of drug-likeness (QED) is 0.734. The first-order valence-electron chi connectivity index (χ1n) is 11.3. The summed E-state index contributed by atoms with van der Waals surface area (Å²) in [7, 11) is 3.39. The van der Waals surface area contributed by atoms with E-state index in [4.69, 9.17) is 20.2 Å². The number of aliphatic imine (C=N–C) groups is 2. The molecule has 2 aromatic carbocycles. The van der Waals surface area contributed by atoms with Crippen molar-refractivity contribution in [2.45, 2.75) is 18.9 Å². The molecular formula is C28H29N3O2. The number of allylic oxidation sites excluding steroid dienone is 3. The van der Waals surface area contributed by atoms with Crippen LogP contribution in [0.5, 0.6) is 5.75 Å². The lowest BCUT2D eigenvalue weighted by Gasteiger charge is -2.34. The number of nitrogens with zero attached hydrogens (tertiary/aromatic N) is 2. The first-order valence-corrected chi connectivity index (χ1v) is 11.3. The van der Waals surface area contributed by atoms with Crippen LogP contribution in [0.3, 0.4) is 0 Å². The second kappa shape index (κ2) is 8.39. The summed E-state index contributed by atoms with van der Waals surface area (Å²) in [5.74, 6) is 2.83. The van der Waals surface area contributed by atoms with E-state index < -0.39 is 5.54 Å². The summed E-state index contributed by atoms with van der Waals surface area (Å²) in [6, 6.07) is 14.6. The number of benzene rings is 2. The molecule has 0 spiro atoms. The first kappa shape index (κ1) is 21.3. The molecule has 0 saturated carbocycles. The van der Waals surface area contributed by atoms with Gasteiger partial charge < -0.3 is 15.2 Å². The summed E-state index contributed by atoms with van der Waals surface area (Å²) < 4.78 is 11.0. The number of hydrogen-bond donors (Lipinski definition) is 1. The van der Waals surface area contributed by atoms with Crippen LogP contribution in [-0.4, -0.2) is 32.8 Å². The summed E-state index contributed by atoms with van der Waals surface area (Å²) in [4.78, 5) is 9.68. The molecule has 0 bridgehead atoms. The molecule has 33 heavy (non-hydrogen) atoms. The van der Waals surface area contributed by atoms with Gasteiger partial charge in [-0.25, -0.2) is 4.99 Å². The fourth-order valence-electron chi connectivity index (χ4n) is 5.23. The third-order valence-corrected chi connectivity index (χ3v) is 6.91. The Morgan fingerprint density at radius 3 is 2.67 bits per heavy atom. The molecule has 168 valence electrons. The molecule has 3 atom stereocenters. The van der Waals surface area contributed by atoms with Gasteiger partial charge in [0.15, 0.2) is 0 Å². The minimum atomic E-state index is -0.696. The molecule has 0 radical (unpaired) electrons. The van der Waals surface area contributed by atoms with E-state index in [1.54, 1.807) is 20.4 Å². The Morgan fingerprint density at radius 1 is 1.03 bits per heavy atom. The van der Waals surface area contributed by atoms with Crippen LogP contribution in [0, 0.1) is 18.8 Å². The molecule has 2 heterocycles. The average Bonchev–Trinajstić information content (AvgIpc) is 3.17. The Labute approximate surface area is 195 Å². The molecule has 2 N–H and O–H groups in total. The standard InChI is InChI=1S/C28H29N3O2/c1-18-13-22(11-12-26(18)33-3)28(25-10-5-4-9-24(25)27(29)31-28)21-8-6-7-19(14-21)20-15-23(32-2)17-30-16-20/h4-6,8-15,17,19-20H,7,16H2,1-3H3,(H2,29,31). The topological polar surface area (TPSA) is 69.2 Å². The van der Waals surface area contributed by atoms with Crippen molar-refractivity contribution in [2.75, 3.05) is 20.8 Å². The van der Waals surface area contributed by atoms with Crippen LogP contribution in [0.15, 0.2) is 88.1 Å². The molecule has 5 heteroatoms. The number of hydrogen-bond acceptors (Lipinski definition) is 5. The van der Waals surface area contributed by atoms with E-state index in [-0.39, 0.29) is 5.92 Å². The van der Waals surface area contributed by atoms with Gasteiger partial charge in [-0.2, -0.15) is 0 Å². The first-order chi connectivity index (χ1) is 16.1. The second-order valence-electron chi connectivity index (χ2n) is 8.79. The summed E-state index contributed by atoms with van der Waals surface area (Å²) in [5.41, 5.74) is 11.2. The van der Waals surface area contributed by atoms with Crippen LogP contribution in [0.2, 0.25) is 0 Å². The van der Waals surface area contributed by atoms with Gasteiger partial charge in [0.2, 0.25) is 0 Å². The van der Waals surface area contributed by atoms with E-state index in [0.29, 0.717) is 11.8 Å². The third-order valence-electron chi connectivity index (χ3n) is 6.91. The Kier molecular flexibility index (Phi) is 5.41. The number of aryl methyl sites for hydroxylation is 1. The van der Waals surface area contributed by atoms with Gasteiger partial charge in [-0.3, -0.25) is 4.99 Å². The van der Waals surface area contributed by atoms with Crippen LogP contribution in [0.4, 0.5) is 0 Å². The number of ether oxygens (including phenoxy) is 2. The third kappa shape index (κ3) is 3.48. The highest BCUT2D eigenvalue weighted by molar-refractivity contribution is 6.03. The smallest absolute Gasteiger partial charge is 0.138 e. The molecule has 2 aliphatic heterocycles. The van der Waals surface area contributed by atoms with Crippen molar-refractivity contribution < 1.29 is 9.47 Å². The molecule has 0 aromatic heterocycles. The zero-order valence-corrected chi connectivity index (χ0v) is 19.3. The van der Waals surface area contributed by atoms with Gasteiger partial charge in [0.25, 0.3) is 0 Å². The van der Waals surface area contributed by atoms with Crippen molar-refractivity contribution in [1.82, 2.24) is 0 Å². The predicted molar refractivity (Wildman–Crippen MR) is 133 cm³/mol. The zero-order valence-electron chi connectivity index (χ0n) is 19.3. The number of amidine groups is 1. The lowest BCUT2D eigenvalue weighted by molar-refractivity contribution is 0.305. The van der Waals surface area contributed by atoms with Crippen molar-refractivity contribution in [1.29, 1.82) is 0 Å². The molecular weight excluding hydrogens is 410 g/mol. The molecule has 5 rings (SSSR count). The van der Waals surface area contributed by atoms with Crippen molar-refractivity contribution >= 4 is 12.1 Å². The fourth-order valence-corrected chi connectivity index (χ4v) is 5.23. The highest BCUT2D eigenvalue weighted by Gasteiger charge is 2.44. The van der Waals surface area contributed by atoms with Crippen molar-refractivity contribution in [3.63, 3.8) is 0 Å². The molecule has 1 aliphatic carbocycles. The van der Waals surface area contributed by atoms with E-state index in [1.807, 2.05) is 12.1 Å². The summed E-state index contributed by atoms with van der Waals surface area (Å²) >= 11 is 0. The van der Waals surface area contributed by atoms with Gasteiger partial charge in [-0.1, -0.05) is 48.6 Å². The maximum Gasteiger partial charge on any atom is 0.138 e. The minimum Gasteiger partial charge on any atom is -0.496 e. The van der Waals surface area contributed by atoms with E-state index in [9.17, 15) is 0 Å². The van der Waals surface area contributed by atoms with Crippen molar-refractivity contribution in [3.8, 4) is 5.75 Å². The molecule has 3 aliphatic rings.